The first-order valence-electron chi connectivity index (χ1n) is 11.1. The van der Waals surface area contributed by atoms with E-state index in [1.165, 1.54) is 19.2 Å². The van der Waals surface area contributed by atoms with Gasteiger partial charge < -0.3 is 15.1 Å². The zero-order chi connectivity index (χ0) is 26.2. The zero-order valence-corrected chi connectivity index (χ0v) is 20.5. The van der Waals surface area contributed by atoms with E-state index in [2.05, 4.69) is 15.4 Å². The summed E-state index contributed by atoms with van der Waals surface area (Å²) >= 11 is 0. The van der Waals surface area contributed by atoms with Crippen molar-refractivity contribution in [3.05, 3.63) is 113 Å². The Morgan fingerprint density at radius 2 is 1.70 bits per heavy atom. The third kappa shape index (κ3) is 6.47. The molecule has 1 unspecified atom stereocenters. The lowest BCUT2D eigenvalue weighted by molar-refractivity contribution is -0.736. The summed E-state index contributed by atoms with van der Waals surface area (Å²) < 4.78 is 20.1. The van der Waals surface area contributed by atoms with Crippen molar-refractivity contribution in [2.75, 3.05) is 17.7 Å². The van der Waals surface area contributed by atoms with E-state index in [0.717, 1.165) is 0 Å². The number of amides is 2. The summed E-state index contributed by atoms with van der Waals surface area (Å²) in [5.41, 5.74) is 1.28. The molecule has 0 aliphatic carbocycles. The van der Waals surface area contributed by atoms with Crippen LogP contribution in [0.2, 0.25) is 0 Å². The highest BCUT2D eigenvalue weighted by molar-refractivity contribution is 7.83. The lowest BCUT2D eigenvalue weighted by Crippen LogP contribution is -2.25. The quantitative estimate of drug-likeness (QED) is 0.262. The van der Waals surface area contributed by atoms with Crippen LogP contribution in [-0.4, -0.2) is 28.1 Å². The van der Waals surface area contributed by atoms with Gasteiger partial charge >= 0.3 is 5.69 Å². The van der Waals surface area contributed by atoms with Crippen LogP contribution in [0.15, 0.2) is 101 Å². The number of nitrogens with zero attached hydrogens (tertiary/aromatic N) is 1. The van der Waals surface area contributed by atoms with Gasteiger partial charge in [0.05, 0.1) is 22.6 Å². The summed E-state index contributed by atoms with van der Waals surface area (Å²) in [6.45, 7) is 0.326. The molecule has 0 spiro atoms. The van der Waals surface area contributed by atoms with Gasteiger partial charge in [0.1, 0.15) is 11.4 Å². The summed E-state index contributed by atoms with van der Waals surface area (Å²) in [4.78, 5) is 43.3. The number of anilines is 2. The molecule has 0 bridgehead atoms. The Balaban J connectivity index is 1.46. The lowest BCUT2D eigenvalue weighted by atomic mass is 10.1. The van der Waals surface area contributed by atoms with Gasteiger partial charge in [0, 0.05) is 22.9 Å². The second kappa shape index (κ2) is 11.8. The molecule has 1 aromatic heterocycles. The minimum absolute atomic E-state index is 0.0956. The molecule has 11 heteroatoms. The highest BCUT2D eigenvalue weighted by Gasteiger charge is 2.24. The van der Waals surface area contributed by atoms with Gasteiger partial charge in [-0.15, -0.1) is 0 Å². The van der Waals surface area contributed by atoms with Crippen molar-refractivity contribution in [1.82, 2.24) is 4.72 Å². The Labute approximate surface area is 214 Å². The molecule has 4 rings (SSSR count). The molecular formula is C26H23N4O6S+. The monoisotopic (exact) mass is 519 g/mol. The van der Waals surface area contributed by atoms with Crippen LogP contribution in [0.25, 0.3) is 0 Å². The van der Waals surface area contributed by atoms with E-state index in [0.29, 0.717) is 33.5 Å². The van der Waals surface area contributed by atoms with Crippen LogP contribution in [0, 0.1) is 4.91 Å². The maximum atomic E-state index is 12.9. The molecule has 37 heavy (non-hydrogen) atoms. The normalized spacial score (nSPS) is 11.3. The van der Waals surface area contributed by atoms with Gasteiger partial charge in [-0.1, -0.05) is 24.3 Å². The Morgan fingerprint density at radius 3 is 2.43 bits per heavy atom. The van der Waals surface area contributed by atoms with Crippen molar-refractivity contribution in [1.29, 1.82) is 0 Å². The maximum Gasteiger partial charge on any atom is 0.340 e. The topological polar surface area (TPSA) is 130 Å². The summed E-state index contributed by atoms with van der Waals surface area (Å²) in [6, 6.07) is 22.8. The molecular weight excluding hydrogens is 496 g/mol. The molecule has 0 saturated heterocycles. The smallest absolute Gasteiger partial charge is 0.340 e. The lowest BCUT2D eigenvalue weighted by Gasteiger charge is -2.09. The largest absolute Gasteiger partial charge is 0.467 e. The standard InChI is InChI=1S/C26H22N4O6S/c1-35-30(33)24-16-19(12-13-23(24)27-17-21-9-6-14-36-21)25(31)28-20-8-5-7-18(15-20)26(32)29-37(34)22-10-3-2-4-11-22/h2-16H,17H2,1H3,(H2-,27,28,29,31,32,33)/p+1. The highest BCUT2D eigenvalue weighted by atomic mass is 32.2. The number of carbonyl (C=O) groups is 2. The second-order valence-electron chi connectivity index (χ2n) is 7.65. The van der Waals surface area contributed by atoms with Crippen molar-refractivity contribution in [3.63, 3.8) is 0 Å². The van der Waals surface area contributed by atoms with Gasteiger partial charge in [-0.05, 0) is 54.6 Å². The van der Waals surface area contributed by atoms with Crippen molar-refractivity contribution in [2.45, 2.75) is 11.4 Å². The van der Waals surface area contributed by atoms with Crippen LogP contribution < -0.4 is 15.4 Å². The molecule has 0 fully saturated rings. The summed E-state index contributed by atoms with van der Waals surface area (Å²) in [7, 11) is -0.508. The Bertz CT molecular complexity index is 1440. The maximum absolute atomic E-state index is 12.9. The van der Waals surface area contributed by atoms with Gasteiger partial charge in [-0.2, -0.15) is 0 Å². The number of rotatable bonds is 10. The molecule has 188 valence electrons. The first kappa shape index (κ1) is 25.3. The van der Waals surface area contributed by atoms with Crippen LogP contribution in [0.4, 0.5) is 17.1 Å². The second-order valence-corrected chi connectivity index (χ2v) is 8.87. The average Bonchev–Trinajstić information content (AvgIpc) is 3.45. The molecule has 0 radical (unpaired) electrons. The number of furan rings is 1. The van der Waals surface area contributed by atoms with E-state index >= 15 is 0 Å². The predicted molar refractivity (Wildman–Crippen MR) is 137 cm³/mol. The van der Waals surface area contributed by atoms with E-state index in [1.807, 2.05) is 0 Å². The van der Waals surface area contributed by atoms with E-state index in [-0.39, 0.29) is 16.8 Å². The van der Waals surface area contributed by atoms with Crippen LogP contribution in [0.1, 0.15) is 26.5 Å². The number of nitrogens with one attached hydrogen (secondary N) is 3. The van der Waals surface area contributed by atoms with E-state index in [9.17, 15) is 18.7 Å². The fourth-order valence-electron chi connectivity index (χ4n) is 3.35. The molecule has 0 aliphatic heterocycles. The van der Waals surface area contributed by atoms with Crippen molar-refractivity contribution in [2.24, 2.45) is 0 Å². The SMILES string of the molecule is CO[N+](=O)c1cc(C(=O)Nc2cccc(C(=O)NS(=O)c3ccccc3)c2)ccc1NCc1ccco1. The predicted octanol–water partition coefficient (Wildman–Crippen LogP) is 4.57. The van der Waals surface area contributed by atoms with Crippen LogP contribution in [0.3, 0.4) is 0 Å². The third-order valence-corrected chi connectivity index (χ3v) is 6.25. The number of benzene rings is 3. The average molecular weight is 520 g/mol. The molecule has 3 aromatic carbocycles. The van der Waals surface area contributed by atoms with Gasteiger partial charge in [-0.3, -0.25) is 14.3 Å². The number of hydrogen-bond acceptors (Lipinski definition) is 7. The van der Waals surface area contributed by atoms with E-state index < -0.39 is 22.8 Å². The first-order valence-corrected chi connectivity index (χ1v) is 12.2. The van der Waals surface area contributed by atoms with Gasteiger partial charge in [0.2, 0.25) is 0 Å². The van der Waals surface area contributed by atoms with Gasteiger partial charge in [0.15, 0.2) is 18.1 Å². The third-order valence-electron chi connectivity index (χ3n) is 5.18. The van der Waals surface area contributed by atoms with Crippen LogP contribution in [-0.2, 0) is 22.4 Å². The number of carbonyl (C=O) groups excluding carboxylic acids is 2. The molecule has 3 N–H and O–H groups in total. The summed E-state index contributed by atoms with van der Waals surface area (Å²) in [6.07, 6.45) is 1.54. The van der Waals surface area contributed by atoms with Gasteiger partial charge in [0.25, 0.3) is 16.7 Å². The summed E-state index contributed by atoms with van der Waals surface area (Å²) in [5.74, 6) is -0.400. The molecule has 2 amide bonds. The van der Waals surface area contributed by atoms with Crippen molar-refractivity contribution >= 4 is 39.9 Å². The Morgan fingerprint density at radius 1 is 0.919 bits per heavy atom. The van der Waals surface area contributed by atoms with Gasteiger partial charge in [-0.25, -0.2) is 9.05 Å². The number of hydrogen-bond donors (Lipinski definition) is 3. The molecule has 0 saturated carbocycles. The van der Waals surface area contributed by atoms with Crippen molar-refractivity contribution < 1.29 is 28.0 Å². The summed E-state index contributed by atoms with van der Waals surface area (Å²) in [5, 5.41) is 5.78. The fraction of sp³-hybridized carbons (Fsp3) is 0.0769. The molecule has 10 nitrogen and oxygen atoms in total. The highest BCUT2D eigenvalue weighted by Crippen LogP contribution is 2.27. The zero-order valence-electron chi connectivity index (χ0n) is 19.7. The Kier molecular flexibility index (Phi) is 8.06. The first-order chi connectivity index (χ1) is 17.9. The Hall–Kier alpha value is -4.77. The van der Waals surface area contributed by atoms with Crippen LogP contribution >= 0.6 is 0 Å². The minimum Gasteiger partial charge on any atom is -0.467 e. The molecule has 4 aromatic rings. The van der Waals surface area contributed by atoms with E-state index in [1.54, 1.807) is 79.1 Å². The van der Waals surface area contributed by atoms with E-state index in [4.69, 9.17) is 9.25 Å². The molecule has 0 aliphatic rings. The van der Waals surface area contributed by atoms with Crippen LogP contribution in [0.5, 0.6) is 0 Å². The fourth-order valence-corrected chi connectivity index (χ4v) is 4.16. The molecule has 1 heterocycles. The van der Waals surface area contributed by atoms with Crippen molar-refractivity contribution in [3.8, 4) is 0 Å². The molecule has 1 atom stereocenters. The minimum atomic E-state index is -1.73.